The van der Waals surface area contributed by atoms with E-state index in [-0.39, 0.29) is 0 Å². The van der Waals surface area contributed by atoms with Gasteiger partial charge in [0.05, 0.1) is 0 Å². The fraction of sp³-hybridized carbons (Fsp3) is 0.0909. The lowest BCUT2D eigenvalue weighted by atomic mass is 9.84. The summed E-state index contributed by atoms with van der Waals surface area (Å²) in [6, 6.07) is 42.3. The highest BCUT2D eigenvalue weighted by atomic mass is 14.2. The van der Waals surface area contributed by atoms with Crippen molar-refractivity contribution in [1.82, 2.24) is 0 Å². The molecule has 158 valence electrons. The van der Waals surface area contributed by atoms with E-state index >= 15 is 0 Å². The van der Waals surface area contributed by atoms with Crippen molar-refractivity contribution in [1.29, 1.82) is 0 Å². The van der Waals surface area contributed by atoms with Crippen LogP contribution in [-0.4, -0.2) is 0 Å². The molecule has 0 amide bonds. The van der Waals surface area contributed by atoms with Crippen LogP contribution >= 0.6 is 0 Å². The van der Waals surface area contributed by atoms with Crippen LogP contribution in [0.4, 0.5) is 0 Å². The van der Waals surface area contributed by atoms with Gasteiger partial charge >= 0.3 is 0 Å². The first kappa shape index (κ1) is 19.8. The second-order valence-electron chi connectivity index (χ2n) is 9.14. The van der Waals surface area contributed by atoms with E-state index in [1.54, 1.807) is 0 Å². The van der Waals surface area contributed by atoms with E-state index in [4.69, 9.17) is 0 Å². The molecule has 0 spiro atoms. The Bertz CT molecular complexity index is 1560. The first-order valence-corrected chi connectivity index (χ1v) is 11.7. The third-order valence-corrected chi connectivity index (χ3v) is 6.86. The molecule has 6 aromatic carbocycles. The Morgan fingerprint density at radius 3 is 1.48 bits per heavy atom. The number of benzene rings is 6. The highest BCUT2D eigenvalue weighted by Gasteiger charge is 2.17. The zero-order valence-corrected chi connectivity index (χ0v) is 19.0. The van der Waals surface area contributed by atoms with Crippen molar-refractivity contribution in [2.24, 2.45) is 0 Å². The minimum atomic E-state index is 0.529. The molecule has 0 aliphatic carbocycles. The maximum Gasteiger partial charge on any atom is -0.00201 e. The van der Waals surface area contributed by atoms with Gasteiger partial charge in [-0.1, -0.05) is 129 Å². The second-order valence-corrected chi connectivity index (χ2v) is 9.14. The fourth-order valence-electron chi connectivity index (χ4n) is 5.21. The minimum absolute atomic E-state index is 0.529. The lowest BCUT2D eigenvalue weighted by molar-refractivity contribution is 0.867. The van der Waals surface area contributed by atoms with Crippen LogP contribution in [0, 0.1) is 0 Å². The van der Waals surface area contributed by atoms with Gasteiger partial charge in [0, 0.05) is 0 Å². The predicted molar refractivity (Wildman–Crippen MR) is 144 cm³/mol. The van der Waals surface area contributed by atoms with Crippen LogP contribution in [0.3, 0.4) is 0 Å². The zero-order chi connectivity index (χ0) is 22.4. The Balaban J connectivity index is 1.76. The molecule has 6 rings (SSSR count). The Hall–Kier alpha value is -3.90. The number of rotatable bonds is 3. The van der Waals surface area contributed by atoms with Crippen molar-refractivity contribution in [3.63, 3.8) is 0 Å². The third-order valence-electron chi connectivity index (χ3n) is 6.86. The monoisotopic (exact) mass is 422 g/mol. The molecule has 0 heterocycles. The van der Waals surface area contributed by atoms with Crippen LogP contribution < -0.4 is 0 Å². The molecule has 0 aromatic heterocycles. The first-order valence-electron chi connectivity index (χ1n) is 11.7. The van der Waals surface area contributed by atoms with Gasteiger partial charge in [-0.3, -0.25) is 0 Å². The molecule has 0 unspecified atom stereocenters. The molecule has 0 saturated heterocycles. The highest BCUT2D eigenvalue weighted by molar-refractivity contribution is 6.23. The summed E-state index contributed by atoms with van der Waals surface area (Å²) in [5.74, 6) is 0.529. The SMILES string of the molecule is CC(C)c1ccc(-c2c3ccccc3c(-c3cccc4ccccc34)c3ccccc23)cc1. The van der Waals surface area contributed by atoms with E-state index in [2.05, 4.69) is 129 Å². The highest BCUT2D eigenvalue weighted by Crippen LogP contribution is 2.45. The van der Waals surface area contributed by atoms with E-state index < -0.39 is 0 Å². The van der Waals surface area contributed by atoms with Crippen molar-refractivity contribution in [3.05, 3.63) is 121 Å². The molecule has 0 bridgehead atoms. The number of hydrogen-bond acceptors (Lipinski definition) is 0. The molecule has 33 heavy (non-hydrogen) atoms. The summed E-state index contributed by atoms with van der Waals surface area (Å²) in [7, 11) is 0. The summed E-state index contributed by atoms with van der Waals surface area (Å²) >= 11 is 0. The number of hydrogen-bond donors (Lipinski definition) is 0. The first-order chi connectivity index (χ1) is 16.2. The van der Waals surface area contributed by atoms with E-state index in [1.165, 1.54) is 60.1 Å². The zero-order valence-electron chi connectivity index (χ0n) is 19.0. The summed E-state index contributed by atoms with van der Waals surface area (Å²) in [6.07, 6.45) is 0. The van der Waals surface area contributed by atoms with Crippen LogP contribution in [0.5, 0.6) is 0 Å². The van der Waals surface area contributed by atoms with Crippen molar-refractivity contribution in [3.8, 4) is 22.3 Å². The lowest BCUT2D eigenvalue weighted by Gasteiger charge is -2.19. The van der Waals surface area contributed by atoms with Crippen molar-refractivity contribution in [2.75, 3.05) is 0 Å². The molecule has 0 nitrogen and oxygen atoms in total. The largest absolute Gasteiger partial charge is 0.0616 e. The van der Waals surface area contributed by atoms with Crippen LogP contribution in [0.25, 0.3) is 54.6 Å². The Labute approximate surface area is 195 Å². The Morgan fingerprint density at radius 2 is 0.909 bits per heavy atom. The average Bonchev–Trinajstić information content (AvgIpc) is 2.87. The minimum Gasteiger partial charge on any atom is -0.0616 e. The topological polar surface area (TPSA) is 0 Å². The van der Waals surface area contributed by atoms with Crippen molar-refractivity contribution < 1.29 is 0 Å². The van der Waals surface area contributed by atoms with Gasteiger partial charge in [-0.2, -0.15) is 0 Å². The Morgan fingerprint density at radius 1 is 0.424 bits per heavy atom. The van der Waals surface area contributed by atoms with Gasteiger partial charge in [0.15, 0.2) is 0 Å². The number of fused-ring (bicyclic) bond motifs is 3. The molecule has 0 saturated carbocycles. The van der Waals surface area contributed by atoms with Crippen LogP contribution in [0.1, 0.15) is 25.3 Å². The van der Waals surface area contributed by atoms with Crippen LogP contribution in [0.2, 0.25) is 0 Å². The smallest absolute Gasteiger partial charge is 0.00201 e. The van der Waals surface area contributed by atoms with Crippen LogP contribution in [-0.2, 0) is 0 Å². The standard InChI is InChI=1S/C33H26/c1-22(2)23-18-20-25(21-19-23)32-28-13-5-7-15-30(28)33(31-16-8-6-14-29(31)32)27-17-9-11-24-10-3-4-12-26(24)27/h3-22H,1-2H3. The van der Waals surface area contributed by atoms with Gasteiger partial charge in [0.2, 0.25) is 0 Å². The predicted octanol–water partition coefficient (Wildman–Crippen LogP) is 9.60. The van der Waals surface area contributed by atoms with E-state index in [1.807, 2.05) is 0 Å². The maximum absolute atomic E-state index is 2.29. The van der Waals surface area contributed by atoms with Gasteiger partial charge in [0.25, 0.3) is 0 Å². The summed E-state index contributed by atoms with van der Waals surface area (Å²) in [5, 5.41) is 7.78. The maximum atomic E-state index is 2.29. The van der Waals surface area contributed by atoms with E-state index in [0.717, 1.165) is 0 Å². The Kier molecular flexibility index (Phi) is 4.73. The molecular weight excluding hydrogens is 396 g/mol. The molecule has 6 aromatic rings. The van der Waals surface area contributed by atoms with Crippen molar-refractivity contribution in [2.45, 2.75) is 19.8 Å². The van der Waals surface area contributed by atoms with Crippen molar-refractivity contribution >= 4 is 32.3 Å². The van der Waals surface area contributed by atoms with Gasteiger partial charge in [-0.05, 0) is 66.1 Å². The second kappa shape index (κ2) is 7.90. The van der Waals surface area contributed by atoms with Gasteiger partial charge < -0.3 is 0 Å². The fourth-order valence-corrected chi connectivity index (χ4v) is 5.21. The molecule has 0 atom stereocenters. The molecule has 0 radical (unpaired) electrons. The van der Waals surface area contributed by atoms with Gasteiger partial charge in [-0.25, -0.2) is 0 Å². The summed E-state index contributed by atoms with van der Waals surface area (Å²) in [4.78, 5) is 0. The quantitative estimate of drug-likeness (QED) is 0.249. The summed E-state index contributed by atoms with van der Waals surface area (Å²) < 4.78 is 0. The molecular formula is C33H26. The lowest BCUT2D eigenvalue weighted by Crippen LogP contribution is -1.92. The molecule has 0 aliphatic rings. The van der Waals surface area contributed by atoms with Gasteiger partial charge in [0.1, 0.15) is 0 Å². The molecule has 0 aliphatic heterocycles. The third kappa shape index (κ3) is 3.22. The normalized spacial score (nSPS) is 11.6. The summed E-state index contributed by atoms with van der Waals surface area (Å²) in [6.45, 7) is 4.50. The molecule has 0 fully saturated rings. The van der Waals surface area contributed by atoms with Crippen LogP contribution in [0.15, 0.2) is 115 Å². The summed E-state index contributed by atoms with van der Waals surface area (Å²) in [5.41, 5.74) is 6.58. The van der Waals surface area contributed by atoms with E-state index in [9.17, 15) is 0 Å². The average molecular weight is 423 g/mol. The molecule has 0 heteroatoms. The molecule has 0 N–H and O–H groups in total. The van der Waals surface area contributed by atoms with Gasteiger partial charge in [-0.15, -0.1) is 0 Å². The van der Waals surface area contributed by atoms with E-state index in [0.29, 0.717) is 5.92 Å².